The molecule has 2 atom stereocenters. The third kappa shape index (κ3) is 3.12. The molecule has 2 N–H and O–H groups in total. The van der Waals surface area contributed by atoms with Crippen LogP contribution in [0.4, 0.5) is 4.39 Å². The second kappa shape index (κ2) is 6.12. The van der Waals surface area contributed by atoms with Crippen LogP contribution in [0.3, 0.4) is 0 Å². The van der Waals surface area contributed by atoms with Crippen molar-refractivity contribution in [3.8, 4) is 0 Å². The lowest BCUT2D eigenvalue weighted by Crippen LogP contribution is -2.27. The highest BCUT2D eigenvalue weighted by atomic mass is 19.1. The molecule has 1 aliphatic heterocycles. The number of halogens is 1. The number of benzene rings is 1. The average Bonchev–Trinajstić information content (AvgIpc) is 2.92. The van der Waals surface area contributed by atoms with Gasteiger partial charge in [-0.3, -0.25) is 9.89 Å². The van der Waals surface area contributed by atoms with E-state index in [1.165, 1.54) is 6.07 Å². The molecule has 0 bridgehead atoms. The number of carbonyl (C=O) groups excluding carboxylic acids is 1. The first kappa shape index (κ1) is 15.7. The van der Waals surface area contributed by atoms with Crippen LogP contribution in [0.25, 0.3) is 0 Å². The van der Waals surface area contributed by atoms with Crippen molar-refractivity contribution in [2.45, 2.75) is 45.9 Å². The first-order valence-electron chi connectivity index (χ1n) is 7.71. The lowest BCUT2D eigenvalue weighted by atomic mass is 9.99. The quantitative estimate of drug-likeness (QED) is 0.915. The Balaban J connectivity index is 1.76. The molecule has 1 amide bonds. The summed E-state index contributed by atoms with van der Waals surface area (Å²) in [6, 6.07) is 4.84. The third-order valence-electron chi connectivity index (χ3n) is 4.09. The minimum atomic E-state index is -0.324. The molecule has 23 heavy (non-hydrogen) atoms. The number of amides is 1. The van der Waals surface area contributed by atoms with Crippen LogP contribution in [0.2, 0.25) is 0 Å². The van der Waals surface area contributed by atoms with E-state index in [4.69, 9.17) is 4.74 Å². The number of ether oxygens (including phenoxy) is 1. The van der Waals surface area contributed by atoms with Gasteiger partial charge in [0.15, 0.2) is 5.69 Å². The molecule has 2 heterocycles. The van der Waals surface area contributed by atoms with Crippen LogP contribution >= 0.6 is 0 Å². The van der Waals surface area contributed by atoms with Crippen LogP contribution in [0.15, 0.2) is 18.2 Å². The molecule has 0 aliphatic carbocycles. The number of hydrogen-bond donors (Lipinski definition) is 2. The smallest absolute Gasteiger partial charge is 0.272 e. The zero-order valence-corrected chi connectivity index (χ0v) is 13.4. The number of fused-ring (bicyclic) bond motifs is 1. The van der Waals surface area contributed by atoms with Gasteiger partial charge in [0.25, 0.3) is 5.91 Å². The Morgan fingerprint density at radius 2 is 2.26 bits per heavy atom. The summed E-state index contributed by atoms with van der Waals surface area (Å²) in [4.78, 5) is 12.4. The van der Waals surface area contributed by atoms with Crippen LogP contribution in [-0.2, 0) is 17.7 Å². The fourth-order valence-corrected chi connectivity index (χ4v) is 2.96. The number of aromatic nitrogens is 2. The van der Waals surface area contributed by atoms with Crippen LogP contribution in [-0.4, -0.2) is 22.2 Å². The standard InChI is InChI=1S/C17H20FN3O2/c1-9-4-5-14(18)12(6-9)8-19-17(22)16-13-7-10(2)23-11(3)15(13)20-21-16/h4-6,10-11H,7-8H2,1-3H3,(H,19,22)(H,20,21)/t10-,11+/m1/s1. The van der Waals surface area contributed by atoms with Gasteiger partial charge >= 0.3 is 0 Å². The van der Waals surface area contributed by atoms with Crippen LogP contribution in [0, 0.1) is 12.7 Å². The van der Waals surface area contributed by atoms with Gasteiger partial charge in [0, 0.05) is 24.1 Å². The molecule has 1 aromatic heterocycles. The second-order valence-electron chi connectivity index (χ2n) is 6.04. The highest BCUT2D eigenvalue weighted by Crippen LogP contribution is 2.30. The molecule has 0 unspecified atom stereocenters. The molecule has 0 radical (unpaired) electrons. The predicted molar refractivity (Wildman–Crippen MR) is 83.6 cm³/mol. The average molecular weight is 317 g/mol. The first-order chi connectivity index (χ1) is 11.0. The van der Waals surface area contributed by atoms with Crippen LogP contribution in [0.1, 0.15) is 52.8 Å². The Hall–Kier alpha value is -2.21. The molecular weight excluding hydrogens is 297 g/mol. The lowest BCUT2D eigenvalue weighted by Gasteiger charge is -2.25. The summed E-state index contributed by atoms with van der Waals surface area (Å²) in [7, 11) is 0. The van der Waals surface area contributed by atoms with E-state index in [0.717, 1.165) is 16.8 Å². The summed E-state index contributed by atoms with van der Waals surface area (Å²) in [5, 5.41) is 9.76. The van der Waals surface area contributed by atoms with E-state index in [0.29, 0.717) is 17.7 Å². The molecule has 5 nitrogen and oxygen atoms in total. The summed E-state index contributed by atoms with van der Waals surface area (Å²) in [6.07, 6.45) is 0.561. The van der Waals surface area contributed by atoms with Gasteiger partial charge in [0.2, 0.25) is 0 Å². The topological polar surface area (TPSA) is 67.0 Å². The molecule has 2 aromatic rings. The molecular formula is C17H20FN3O2. The zero-order chi connectivity index (χ0) is 16.6. The van der Waals surface area contributed by atoms with Crippen LogP contribution < -0.4 is 5.32 Å². The molecule has 122 valence electrons. The number of nitrogens with one attached hydrogen (secondary N) is 2. The van der Waals surface area contributed by atoms with E-state index in [1.54, 1.807) is 12.1 Å². The molecule has 0 fully saturated rings. The minimum absolute atomic E-state index is 0.0378. The van der Waals surface area contributed by atoms with Gasteiger partial charge < -0.3 is 10.1 Å². The fourth-order valence-electron chi connectivity index (χ4n) is 2.96. The summed E-state index contributed by atoms with van der Waals surface area (Å²) in [5.74, 6) is -0.625. The zero-order valence-electron chi connectivity index (χ0n) is 13.4. The van der Waals surface area contributed by atoms with Crippen LogP contribution in [0.5, 0.6) is 0 Å². The van der Waals surface area contributed by atoms with Crippen molar-refractivity contribution in [2.75, 3.05) is 0 Å². The highest BCUT2D eigenvalue weighted by Gasteiger charge is 2.29. The maximum absolute atomic E-state index is 13.7. The van der Waals surface area contributed by atoms with E-state index in [9.17, 15) is 9.18 Å². The van der Waals surface area contributed by atoms with E-state index in [-0.39, 0.29) is 30.5 Å². The number of aryl methyl sites for hydroxylation is 1. The molecule has 0 saturated heterocycles. The van der Waals surface area contributed by atoms with E-state index in [2.05, 4.69) is 15.5 Å². The lowest BCUT2D eigenvalue weighted by molar-refractivity contribution is -0.00697. The Morgan fingerprint density at radius 1 is 1.48 bits per heavy atom. The van der Waals surface area contributed by atoms with Crippen molar-refractivity contribution >= 4 is 5.91 Å². The van der Waals surface area contributed by atoms with Crippen molar-refractivity contribution in [2.24, 2.45) is 0 Å². The van der Waals surface area contributed by atoms with Crippen molar-refractivity contribution in [3.05, 3.63) is 52.1 Å². The van der Waals surface area contributed by atoms with E-state index < -0.39 is 0 Å². The monoisotopic (exact) mass is 317 g/mol. The van der Waals surface area contributed by atoms with E-state index in [1.807, 2.05) is 20.8 Å². The molecule has 0 spiro atoms. The van der Waals surface area contributed by atoms with E-state index >= 15 is 0 Å². The summed E-state index contributed by atoms with van der Waals surface area (Å²) in [5.41, 5.74) is 3.52. The number of H-pyrrole nitrogens is 1. The van der Waals surface area contributed by atoms with Crippen molar-refractivity contribution < 1.29 is 13.9 Å². The van der Waals surface area contributed by atoms with Gasteiger partial charge in [0.05, 0.1) is 17.9 Å². The highest BCUT2D eigenvalue weighted by molar-refractivity contribution is 5.94. The molecule has 1 aliphatic rings. The van der Waals surface area contributed by atoms with Gasteiger partial charge in [0.1, 0.15) is 5.82 Å². The second-order valence-corrected chi connectivity index (χ2v) is 6.04. The maximum Gasteiger partial charge on any atom is 0.272 e. The van der Waals surface area contributed by atoms with Gasteiger partial charge in [-0.05, 0) is 26.8 Å². The van der Waals surface area contributed by atoms with Crippen molar-refractivity contribution in [1.29, 1.82) is 0 Å². The number of aromatic amines is 1. The summed E-state index contributed by atoms with van der Waals surface area (Å²) in [6.45, 7) is 5.92. The third-order valence-corrected chi connectivity index (χ3v) is 4.09. The molecule has 1 aromatic carbocycles. The Kier molecular flexibility index (Phi) is 4.17. The van der Waals surface area contributed by atoms with Gasteiger partial charge in [-0.2, -0.15) is 5.10 Å². The number of carbonyl (C=O) groups is 1. The minimum Gasteiger partial charge on any atom is -0.369 e. The number of rotatable bonds is 3. The first-order valence-corrected chi connectivity index (χ1v) is 7.71. The van der Waals surface area contributed by atoms with Crippen molar-refractivity contribution in [3.63, 3.8) is 0 Å². The van der Waals surface area contributed by atoms with Gasteiger partial charge in [-0.1, -0.05) is 17.7 Å². The SMILES string of the molecule is Cc1ccc(F)c(CNC(=O)c2n[nH]c3c2C[C@@H](C)O[C@H]3C)c1. The summed E-state index contributed by atoms with van der Waals surface area (Å²) >= 11 is 0. The maximum atomic E-state index is 13.7. The normalized spacial score (nSPS) is 20.2. The van der Waals surface area contributed by atoms with Gasteiger partial charge in [-0.25, -0.2) is 4.39 Å². The largest absolute Gasteiger partial charge is 0.369 e. The fraction of sp³-hybridized carbons (Fsp3) is 0.412. The Bertz CT molecular complexity index is 741. The molecule has 3 rings (SSSR count). The molecule has 6 heteroatoms. The predicted octanol–water partition coefficient (Wildman–Crippen LogP) is 2.81. The Labute approximate surface area is 134 Å². The van der Waals surface area contributed by atoms with Crippen molar-refractivity contribution in [1.82, 2.24) is 15.5 Å². The Morgan fingerprint density at radius 3 is 3.04 bits per heavy atom. The molecule has 0 saturated carbocycles. The van der Waals surface area contributed by atoms with Gasteiger partial charge in [-0.15, -0.1) is 0 Å². The number of hydrogen-bond acceptors (Lipinski definition) is 3. The summed E-state index contributed by atoms with van der Waals surface area (Å²) < 4.78 is 19.5. The number of nitrogens with zero attached hydrogens (tertiary/aromatic N) is 1.